The first-order valence-electron chi connectivity index (χ1n) is 8.97. The van der Waals surface area contributed by atoms with Crippen molar-refractivity contribution in [3.8, 4) is 0 Å². The molecule has 2 unspecified atom stereocenters. The zero-order chi connectivity index (χ0) is 20.1. The van der Waals surface area contributed by atoms with Crippen LogP contribution in [0.3, 0.4) is 0 Å². The van der Waals surface area contributed by atoms with Gasteiger partial charge in [0.2, 0.25) is 5.91 Å². The molecule has 1 aliphatic rings. The maximum Gasteiger partial charge on any atom is 0.401 e. The molecule has 1 aliphatic heterocycles. The van der Waals surface area contributed by atoms with Gasteiger partial charge < -0.3 is 5.32 Å². The molecular weight excluding hydrogens is 374 g/mol. The van der Waals surface area contributed by atoms with E-state index in [0.717, 1.165) is 0 Å². The van der Waals surface area contributed by atoms with Crippen LogP contribution in [0.5, 0.6) is 0 Å². The fourth-order valence-electron chi connectivity index (χ4n) is 3.32. The molecule has 4 nitrogen and oxygen atoms in total. The van der Waals surface area contributed by atoms with E-state index in [2.05, 4.69) is 10.6 Å². The van der Waals surface area contributed by atoms with Crippen LogP contribution in [0.15, 0.2) is 54.6 Å². The Kier molecular flexibility index (Phi) is 6.31. The van der Waals surface area contributed by atoms with Crippen LogP contribution in [0.2, 0.25) is 0 Å². The van der Waals surface area contributed by atoms with E-state index in [9.17, 15) is 22.4 Å². The Hall–Kier alpha value is -2.45. The highest BCUT2D eigenvalue weighted by atomic mass is 19.4. The molecule has 1 heterocycles. The second kappa shape index (κ2) is 8.70. The second-order valence-corrected chi connectivity index (χ2v) is 6.84. The second-order valence-electron chi connectivity index (χ2n) is 6.84. The number of amides is 1. The smallest absolute Gasteiger partial charge is 0.324 e. The first kappa shape index (κ1) is 20.3. The highest BCUT2D eigenvalue weighted by Crippen LogP contribution is 2.23. The lowest BCUT2D eigenvalue weighted by molar-refractivity contribution is -0.143. The fourth-order valence-corrected chi connectivity index (χ4v) is 3.32. The first-order valence-corrected chi connectivity index (χ1v) is 8.97. The van der Waals surface area contributed by atoms with Crippen molar-refractivity contribution < 1.29 is 22.4 Å². The lowest BCUT2D eigenvalue weighted by Crippen LogP contribution is -2.42. The highest BCUT2D eigenvalue weighted by molar-refractivity contribution is 5.95. The molecule has 3 rings (SSSR count). The molecule has 150 valence electrons. The summed E-state index contributed by atoms with van der Waals surface area (Å²) < 4.78 is 50.9. The minimum Gasteiger partial charge on any atom is -0.324 e. The van der Waals surface area contributed by atoms with Gasteiger partial charge in [-0.15, -0.1) is 0 Å². The summed E-state index contributed by atoms with van der Waals surface area (Å²) in [5.74, 6) is -0.765. The number of nitrogens with one attached hydrogen (secondary N) is 2. The Bertz CT molecular complexity index is 780. The lowest BCUT2D eigenvalue weighted by atomic mass is 10.0. The van der Waals surface area contributed by atoms with Gasteiger partial charge in [0.1, 0.15) is 11.9 Å². The van der Waals surface area contributed by atoms with Gasteiger partial charge >= 0.3 is 6.18 Å². The summed E-state index contributed by atoms with van der Waals surface area (Å²) in [7, 11) is 0. The highest BCUT2D eigenvalue weighted by Gasteiger charge is 2.35. The van der Waals surface area contributed by atoms with Gasteiger partial charge in [-0.1, -0.05) is 30.3 Å². The van der Waals surface area contributed by atoms with E-state index in [4.69, 9.17) is 0 Å². The average Bonchev–Trinajstić information content (AvgIpc) is 3.07. The number of halogens is 4. The monoisotopic (exact) mass is 395 g/mol. The number of nitrogens with zero attached hydrogens (tertiary/aromatic N) is 1. The molecule has 0 bridgehead atoms. The number of carbonyl (C=O) groups excluding carboxylic acids is 1. The molecule has 1 amide bonds. The van der Waals surface area contributed by atoms with Crippen LogP contribution in [0.4, 0.5) is 23.2 Å². The lowest BCUT2D eigenvalue weighted by Gasteiger charge is -2.24. The van der Waals surface area contributed by atoms with E-state index in [1.54, 1.807) is 24.3 Å². The van der Waals surface area contributed by atoms with Gasteiger partial charge in [0, 0.05) is 24.8 Å². The molecule has 1 fully saturated rings. The maximum absolute atomic E-state index is 13.1. The van der Waals surface area contributed by atoms with Crippen LogP contribution in [0, 0.1) is 5.82 Å². The number of benzene rings is 2. The van der Waals surface area contributed by atoms with Crippen LogP contribution in [-0.4, -0.2) is 42.7 Å². The van der Waals surface area contributed by atoms with Crippen LogP contribution in [0.25, 0.3) is 0 Å². The van der Waals surface area contributed by atoms with Crippen LogP contribution >= 0.6 is 0 Å². The van der Waals surface area contributed by atoms with Crippen molar-refractivity contribution in [3.05, 3.63) is 66.0 Å². The van der Waals surface area contributed by atoms with E-state index >= 15 is 0 Å². The van der Waals surface area contributed by atoms with Crippen LogP contribution in [-0.2, 0) is 4.79 Å². The largest absolute Gasteiger partial charge is 0.401 e. The number of rotatable bonds is 6. The number of hydrogen-bond donors (Lipinski definition) is 2. The van der Waals surface area contributed by atoms with E-state index < -0.39 is 24.6 Å². The third kappa shape index (κ3) is 5.77. The van der Waals surface area contributed by atoms with E-state index in [-0.39, 0.29) is 18.5 Å². The summed E-state index contributed by atoms with van der Waals surface area (Å²) in [6, 6.07) is 13.4. The number of hydrogen-bond acceptors (Lipinski definition) is 3. The topological polar surface area (TPSA) is 44.4 Å². The van der Waals surface area contributed by atoms with Gasteiger partial charge in [-0.05, 0) is 36.2 Å². The molecule has 2 N–H and O–H groups in total. The van der Waals surface area contributed by atoms with E-state index in [0.29, 0.717) is 24.2 Å². The molecule has 1 saturated heterocycles. The maximum atomic E-state index is 13.1. The number of anilines is 1. The summed E-state index contributed by atoms with van der Waals surface area (Å²) in [5.41, 5.74) is 1.15. The summed E-state index contributed by atoms with van der Waals surface area (Å²) in [4.78, 5) is 14.2. The third-order valence-electron chi connectivity index (χ3n) is 4.58. The predicted molar refractivity (Wildman–Crippen MR) is 98.2 cm³/mol. The molecule has 2 aromatic rings. The van der Waals surface area contributed by atoms with Crippen molar-refractivity contribution in [2.24, 2.45) is 0 Å². The van der Waals surface area contributed by atoms with Crippen LogP contribution in [0.1, 0.15) is 18.0 Å². The van der Waals surface area contributed by atoms with Crippen molar-refractivity contribution in [2.75, 3.05) is 25.0 Å². The van der Waals surface area contributed by atoms with E-state index in [1.807, 2.05) is 6.07 Å². The number of likely N-dealkylation sites (tertiary alicyclic amines) is 1. The summed E-state index contributed by atoms with van der Waals surface area (Å²) in [6.07, 6.45) is -3.73. The van der Waals surface area contributed by atoms with Gasteiger partial charge in [0.25, 0.3) is 0 Å². The molecule has 28 heavy (non-hydrogen) atoms. The Morgan fingerprint density at radius 1 is 1.11 bits per heavy atom. The molecule has 0 aliphatic carbocycles. The average molecular weight is 395 g/mol. The van der Waals surface area contributed by atoms with Crippen molar-refractivity contribution in [2.45, 2.75) is 24.7 Å². The molecule has 8 heteroatoms. The minimum atomic E-state index is -4.24. The first-order chi connectivity index (χ1) is 13.3. The van der Waals surface area contributed by atoms with E-state index in [1.165, 1.54) is 29.2 Å². The van der Waals surface area contributed by atoms with Crippen molar-refractivity contribution in [1.29, 1.82) is 0 Å². The summed E-state index contributed by atoms with van der Waals surface area (Å²) in [5, 5.41) is 5.91. The fraction of sp³-hybridized carbons (Fsp3) is 0.350. The van der Waals surface area contributed by atoms with Gasteiger partial charge in [-0.3, -0.25) is 15.0 Å². The minimum absolute atomic E-state index is 0.215. The van der Waals surface area contributed by atoms with Gasteiger partial charge in [-0.25, -0.2) is 4.39 Å². The Balaban J connectivity index is 1.69. The van der Waals surface area contributed by atoms with Gasteiger partial charge in [-0.2, -0.15) is 13.2 Å². The van der Waals surface area contributed by atoms with Crippen molar-refractivity contribution in [1.82, 2.24) is 10.2 Å². The quantitative estimate of drug-likeness (QED) is 0.733. The third-order valence-corrected chi connectivity index (χ3v) is 4.58. The summed E-state index contributed by atoms with van der Waals surface area (Å²) in [6.45, 7) is -0.423. The zero-order valence-corrected chi connectivity index (χ0v) is 15.0. The van der Waals surface area contributed by atoms with Gasteiger partial charge in [0.05, 0.1) is 6.54 Å². The Morgan fingerprint density at radius 2 is 1.79 bits per heavy atom. The van der Waals surface area contributed by atoms with Gasteiger partial charge in [0.15, 0.2) is 0 Å². The standard InChI is InChI=1S/C20H21F4N3O/c21-15-6-8-16(9-7-15)26-19(28)18(14-4-2-1-3-5-14)25-17-10-11-27(12-17)13-20(22,23)24/h1-9,17-18,25H,10-13H2,(H,26,28). The van der Waals surface area contributed by atoms with Crippen molar-refractivity contribution >= 4 is 11.6 Å². The molecule has 0 spiro atoms. The number of carbonyl (C=O) groups is 1. The van der Waals surface area contributed by atoms with Crippen LogP contribution < -0.4 is 10.6 Å². The molecule has 0 aromatic heterocycles. The molecule has 2 aromatic carbocycles. The SMILES string of the molecule is O=C(Nc1ccc(F)cc1)C(NC1CCN(CC(F)(F)F)C1)c1ccccc1. The molecular formula is C20H21F4N3O. The predicted octanol–water partition coefficient (Wildman–Crippen LogP) is 3.73. The normalized spacial score (nSPS) is 18.8. The Labute approximate surface area is 160 Å². The van der Waals surface area contributed by atoms with Crippen molar-refractivity contribution in [3.63, 3.8) is 0 Å². The number of alkyl halides is 3. The zero-order valence-electron chi connectivity index (χ0n) is 15.0. The summed E-state index contributed by atoms with van der Waals surface area (Å²) >= 11 is 0. The molecule has 0 radical (unpaired) electrons. The molecule has 0 saturated carbocycles. The molecule has 2 atom stereocenters. The Morgan fingerprint density at radius 3 is 2.43 bits per heavy atom.